The van der Waals surface area contributed by atoms with Crippen LogP contribution in [0.5, 0.6) is 0 Å². The molecule has 0 aliphatic rings. The molecule has 0 saturated heterocycles. The maximum atomic E-state index is 9.12. The molecule has 0 saturated carbocycles. The van der Waals surface area contributed by atoms with Crippen LogP contribution in [-0.2, 0) is 6.42 Å². The van der Waals surface area contributed by atoms with Gasteiger partial charge in [0, 0.05) is 13.6 Å². The van der Waals surface area contributed by atoms with E-state index in [4.69, 9.17) is 5.26 Å². The maximum absolute atomic E-state index is 9.12. The molecule has 0 amide bonds. The second-order valence-electron chi connectivity index (χ2n) is 6.66. The molecule has 130 valence electrons. The van der Waals surface area contributed by atoms with Crippen molar-refractivity contribution in [3.8, 4) is 6.07 Å². The predicted molar refractivity (Wildman–Crippen MR) is 106 cm³/mol. The van der Waals surface area contributed by atoms with Crippen molar-refractivity contribution in [2.45, 2.75) is 40.0 Å². The number of aryl methyl sites for hydroxylation is 2. The number of nitrogens with zero attached hydrogens (tertiary/aromatic N) is 3. The molecule has 25 heavy (non-hydrogen) atoms. The van der Waals surface area contributed by atoms with E-state index >= 15 is 0 Å². The Morgan fingerprint density at radius 3 is 2.64 bits per heavy atom. The summed E-state index contributed by atoms with van der Waals surface area (Å²) in [5.74, 6) is -0.0740. The molecule has 1 atom stereocenters. The molecule has 3 heteroatoms. The van der Waals surface area contributed by atoms with Crippen LogP contribution in [0.4, 0.5) is 5.69 Å². The molecule has 3 nitrogen and oxygen atoms in total. The Morgan fingerprint density at radius 2 is 1.96 bits per heavy atom. The van der Waals surface area contributed by atoms with E-state index in [0.29, 0.717) is 0 Å². The van der Waals surface area contributed by atoms with Gasteiger partial charge in [0.25, 0.3) is 0 Å². The summed E-state index contributed by atoms with van der Waals surface area (Å²) >= 11 is 0. The summed E-state index contributed by atoms with van der Waals surface area (Å²) in [5.41, 5.74) is 7.08. The molecule has 0 fully saturated rings. The first-order valence-corrected chi connectivity index (χ1v) is 8.77. The zero-order valence-electron chi connectivity index (χ0n) is 15.9. The topological polar surface area (TPSA) is 39.4 Å². The van der Waals surface area contributed by atoms with Crippen molar-refractivity contribution in [1.29, 1.82) is 5.26 Å². The van der Waals surface area contributed by atoms with Gasteiger partial charge < -0.3 is 4.90 Å². The standard InChI is InChI=1S/C22H27N3/c1-6-25(5)15-24-22-11-16(2)21(10-17(22)3)13-19-8-7-9-20(12-19)18(4)14-23/h7-12,15,18H,6,13H2,1-5H3/b24-15-. The molecule has 2 rings (SSSR count). The van der Waals surface area contributed by atoms with Gasteiger partial charge in [0.15, 0.2) is 0 Å². The van der Waals surface area contributed by atoms with Crippen LogP contribution in [0.15, 0.2) is 41.4 Å². The third-order valence-electron chi connectivity index (χ3n) is 4.59. The molecule has 1 unspecified atom stereocenters. The van der Waals surface area contributed by atoms with Gasteiger partial charge in [0.2, 0.25) is 0 Å². The van der Waals surface area contributed by atoms with E-state index in [1.807, 2.05) is 32.4 Å². The Hall–Kier alpha value is -2.60. The summed E-state index contributed by atoms with van der Waals surface area (Å²) in [4.78, 5) is 6.66. The first-order valence-electron chi connectivity index (χ1n) is 8.77. The van der Waals surface area contributed by atoms with Crippen molar-refractivity contribution in [3.63, 3.8) is 0 Å². The van der Waals surface area contributed by atoms with Gasteiger partial charge in [-0.15, -0.1) is 0 Å². The lowest BCUT2D eigenvalue weighted by Crippen LogP contribution is -2.14. The number of aliphatic imine (C=N–C) groups is 1. The second kappa shape index (κ2) is 8.48. The maximum Gasteiger partial charge on any atom is 0.0909 e. The fourth-order valence-corrected chi connectivity index (χ4v) is 2.70. The number of rotatable bonds is 6. The van der Waals surface area contributed by atoms with Crippen LogP contribution in [0, 0.1) is 25.2 Å². The van der Waals surface area contributed by atoms with Crippen molar-refractivity contribution < 1.29 is 0 Å². The van der Waals surface area contributed by atoms with Crippen LogP contribution in [0.3, 0.4) is 0 Å². The molecule has 2 aromatic rings. The minimum Gasteiger partial charge on any atom is -0.366 e. The third kappa shape index (κ3) is 4.93. The zero-order valence-corrected chi connectivity index (χ0v) is 15.9. The second-order valence-corrected chi connectivity index (χ2v) is 6.66. The van der Waals surface area contributed by atoms with Gasteiger partial charge in [-0.25, -0.2) is 4.99 Å². The lowest BCUT2D eigenvalue weighted by molar-refractivity contribution is 0.552. The lowest BCUT2D eigenvalue weighted by atomic mass is 9.94. The van der Waals surface area contributed by atoms with Crippen LogP contribution in [0.25, 0.3) is 0 Å². The fourth-order valence-electron chi connectivity index (χ4n) is 2.70. The SMILES string of the molecule is CCN(C)/C=N\c1cc(C)c(Cc2cccc(C(C)C#N)c2)cc1C. The molecule has 0 spiro atoms. The average molecular weight is 333 g/mol. The number of benzene rings is 2. The Morgan fingerprint density at radius 1 is 1.20 bits per heavy atom. The summed E-state index contributed by atoms with van der Waals surface area (Å²) in [7, 11) is 2.02. The highest BCUT2D eigenvalue weighted by molar-refractivity contribution is 5.64. The Balaban J connectivity index is 2.25. The van der Waals surface area contributed by atoms with E-state index in [1.54, 1.807) is 0 Å². The fraction of sp³-hybridized carbons (Fsp3) is 0.364. The molecule has 0 aliphatic heterocycles. The Bertz CT molecular complexity index is 799. The van der Waals surface area contributed by atoms with Crippen LogP contribution in [0.2, 0.25) is 0 Å². The van der Waals surface area contributed by atoms with Crippen LogP contribution in [0.1, 0.15) is 47.6 Å². The van der Waals surface area contributed by atoms with Gasteiger partial charge >= 0.3 is 0 Å². The van der Waals surface area contributed by atoms with Gasteiger partial charge in [0.05, 0.1) is 24.0 Å². The first-order chi connectivity index (χ1) is 11.9. The zero-order chi connectivity index (χ0) is 18.4. The van der Waals surface area contributed by atoms with Crippen molar-refractivity contribution in [2.24, 2.45) is 4.99 Å². The average Bonchev–Trinajstić information content (AvgIpc) is 2.62. The quantitative estimate of drug-likeness (QED) is 0.543. The monoisotopic (exact) mass is 333 g/mol. The first kappa shape index (κ1) is 18.7. The van der Waals surface area contributed by atoms with Gasteiger partial charge in [-0.2, -0.15) is 5.26 Å². The van der Waals surface area contributed by atoms with Crippen molar-refractivity contribution in [2.75, 3.05) is 13.6 Å². The summed E-state index contributed by atoms with van der Waals surface area (Å²) in [6.45, 7) is 9.23. The van der Waals surface area contributed by atoms with Gasteiger partial charge in [0.1, 0.15) is 0 Å². The van der Waals surface area contributed by atoms with E-state index in [0.717, 1.165) is 24.2 Å². The normalized spacial score (nSPS) is 12.2. The molecule has 0 radical (unpaired) electrons. The van der Waals surface area contributed by atoms with Gasteiger partial charge in [-0.05, 0) is 68.0 Å². The van der Waals surface area contributed by atoms with E-state index < -0.39 is 0 Å². The summed E-state index contributed by atoms with van der Waals surface area (Å²) < 4.78 is 0. The molecule has 0 bridgehead atoms. The lowest BCUT2D eigenvalue weighted by Gasteiger charge is -2.13. The summed E-state index contributed by atoms with van der Waals surface area (Å²) in [6.07, 6.45) is 2.76. The smallest absolute Gasteiger partial charge is 0.0909 e. The van der Waals surface area contributed by atoms with E-state index in [-0.39, 0.29) is 5.92 Å². The molecule has 0 aromatic heterocycles. The van der Waals surface area contributed by atoms with Crippen molar-refractivity contribution >= 4 is 12.0 Å². The van der Waals surface area contributed by atoms with Crippen LogP contribution in [-0.4, -0.2) is 24.8 Å². The number of hydrogen-bond acceptors (Lipinski definition) is 2. The number of nitriles is 1. The predicted octanol–water partition coefficient (Wildman–Crippen LogP) is 5.13. The van der Waals surface area contributed by atoms with Crippen LogP contribution >= 0.6 is 0 Å². The highest BCUT2D eigenvalue weighted by atomic mass is 15.1. The summed E-state index contributed by atoms with van der Waals surface area (Å²) in [6, 6.07) is 15.0. The molecular weight excluding hydrogens is 306 g/mol. The highest BCUT2D eigenvalue weighted by Gasteiger charge is 2.08. The minimum atomic E-state index is -0.0740. The van der Waals surface area contributed by atoms with Crippen molar-refractivity contribution in [3.05, 3.63) is 64.2 Å². The molecule has 0 aliphatic carbocycles. The molecule has 2 aromatic carbocycles. The van der Waals surface area contributed by atoms with Crippen LogP contribution < -0.4 is 0 Å². The van der Waals surface area contributed by atoms with E-state index in [1.165, 1.54) is 22.3 Å². The van der Waals surface area contributed by atoms with Crippen molar-refractivity contribution in [1.82, 2.24) is 4.90 Å². The Kier molecular flexibility index (Phi) is 6.36. The summed E-state index contributed by atoms with van der Waals surface area (Å²) in [5, 5.41) is 9.12. The number of hydrogen-bond donors (Lipinski definition) is 0. The third-order valence-corrected chi connectivity index (χ3v) is 4.59. The van der Waals surface area contributed by atoms with Gasteiger partial charge in [-0.1, -0.05) is 30.3 Å². The molecule has 0 heterocycles. The van der Waals surface area contributed by atoms with E-state index in [2.05, 4.69) is 61.0 Å². The molecule has 0 N–H and O–H groups in total. The minimum absolute atomic E-state index is 0.0740. The Labute approximate surface area is 151 Å². The van der Waals surface area contributed by atoms with E-state index in [9.17, 15) is 0 Å². The highest BCUT2D eigenvalue weighted by Crippen LogP contribution is 2.26. The molecular formula is C22H27N3. The van der Waals surface area contributed by atoms with Gasteiger partial charge in [-0.3, -0.25) is 0 Å². The largest absolute Gasteiger partial charge is 0.366 e.